The quantitative estimate of drug-likeness (QED) is 0.330. The van der Waals surface area contributed by atoms with Crippen molar-refractivity contribution in [3.8, 4) is 0 Å². The van der Waals surface area contributed by atoms with E-state index < -0.39 is 5.97 Å². The van der Waals surface area contributed by atoms with Gasteiger partial charge in [-0.25, -0.2) is 0 Å². The van der Waals surface area contributed by atoms with Gasteiger partial charge in [-0.3, -0.25) is 9.79 Å². The monoisotopic (exact) mass is 535 g/mol. The summed E-state index contributed by atoms with van der Waals surface area (Å²) in [6.45, 7) is 7.46. The number of hydrogen-bond acceptors (Lipinski definition) is 2. The van der Waals surface area contributed by atoms with E-state index in [4.69, 9.17) is 4.99 Å². The molecule has 218 valence electrons. The lowest BCUT2D eigenvalue weighted by atomic mass is 9.62. The molecule has 1 N–H and O–H groups in total. The maximum Gasteiger partial charge on any atom is 0.306 e. The molecular formula is C36H57NO2. The standard InChI is InChI=1S/C36H57NO2/c1-4-9-26-20-31-22(2)18-27(35-23(3)28-10-7-8-13-34(28)37-35)21-33(31)32(26)19-24-14-16-25(17-15-24)29-11-5-6-12-30(29)36(38)39/h20,22-25,27-34H,4-19,21H2,1-3H3,(H,38,39)/t22?,23?,24?,25?,27?,28?,29?,30?,31?,32-,33?,34?/m1/s1. The van der Waals surface area contributed by atoms with Crippen LogP contribution in [0.5, 0.6) is 0 Å². The van der Waals surface area contributed by atoms with Crippen molar-refractivity contribution in [3.63, 3.8) is 0 Å². The summed E-state index contributed by atoms with van der Waals surface area (Å²) in [7, 11) is 0. The maximum atomic E-state index is 12.0. The zero-order valence-electron chi connectivity index (χ0n) is 25.3. The number of nitrogens with zero attached hydrogens (tertiary/aromatic N) is 1. The second kappa shape index (κ2) is 12.0. The molecule has 0 saturated heterocycles. The molecule has 0 aromatic heterocycles. The summed E-state index contributed by atoms with van der Waals surface area (Å²) >= 11 is 0. The Balaban J connectivity index is 1.12. The number of carboxylic acids is 1. The van der Waals surface area contributed by atoms with E-state index in [9.17, 15) is 9.90 Å². The van der Waals surface area contributed by atoms with Gasteiger partial charge in [0.1, 0.15) is 0 Å². The predicted molar refractivity (Wildman–Crippen MR) is 161 cm³/mol. The third-order valence-electron chi connectivity index (χ3n) is 13.1. The minimum atomic E-state index is -0.519. The van der Waals surface area contributed by atoms with Crippen molar-refractivity contribution < 1.29 is 9.90 Å². The van der Waals surface area contributed by atoms with Crippen LogP contribution >= 0.6 is 0 Å². The van der Waals surface area contributed by atoms with Gasteiger partial charge in [0.05, 0.1) is 12.0 Å². The van der Waals surface area contributed by atoms with Gasteiger partial charge in [0, 0.05) is 5.71 Å². The number of carboxylic acid groups (broad SMARTS) is 1. The summed E-state index contributed by atoms with van der Waals surface area (Å²) in [6.07, 6.45) is 24.8. The van der Waals surface area contributed by atoms with E-state index in [0.717, 1.165) is 66.6 Å². The van der Waals surface area contributed by atoms with E-state index in [1.807, 2.05) is 5.57 Å². The molecule has 6 aliphatic rings. The first-order chi connectivity index (χ1) is 18.9. The Labute approximate surface area is 239 Å². The summed E-state index contributed by atoms with van der Waals surface area (Å²) in [5, 5.41) is 9.85. The fourth-order valence-electron chi connectivity index (χ4n) is 11.2. The molecule has 6 rings (SSSR count). The fourth-order valence-corrected chi connectivity index (χ4v) is 11.2. The van der Waals surface area contributed by atoms with Gasteiger partial charge in [0.2, 0.25) is 0 Å². The van der Waals surface area contributed by atoms with Crippen LogP contribution in [0.3, 0.4) is 0 Å². The molecular weight excluding hydrogens is 478 g/mol. The minimum Gasteiger partial charge on any atom is -0.481 e. The van der Waals surface area contributed by atoms with Crippen LogP contribution in [0.25, 0.3) is 0 Å². The van der Waals surface area contributed by atoms with Gasteiger partial charge in [0.25, 0.3) is 0 Å². The second-order valence-electron chi connectivity index (χ2n) is 15.3. The molecule has 0 aromatic carbocycles. The molecule has 0 bridgehead atoms. The van der Waals surface area contributed by atoms with Crippen LogP contribution in [0.1, 0.15) is 130 Å². The summed E-state index contributed by atoms with van der Waals surface area (Å²) in [4.78, 5) is 17.4. The highest BCUT2D eigenvalue weighted by molar-refractivity contribution is 5.91. The van der Waals surface area contributed by atoms with Crippen LogP contribution in [0.15, 0.2) is 16.6 Å². The van der Waals surface area contributed by atoms with Crippen molar-refractivity contribution in [1.82, 2.24) is 0 Å². The van der Waals surface area contributed by atoms with E-state index in [1.54, 1.807) is 5.71 Å². The number of carbonyl (C=O) groups is 1. The Morgan fingerprint density at radius 1 is 0.897 bits per heavy atom. The molecule has 39 heavy (non-hydrogen) atoms. The van der Waals surface area contributed by atoms with E-state index >= 15 is 0 Å². The molecule has 10 atom stereocenters. The molecule has 3 heteroatoms. The number of rotatable bonds is 7. The highest BCUT2D eigenvalue weighted by Gasteiger charge is 2.48. The lowest BCUT2D eigenvalue weighted by molar-refractivity contribution is -0.146. The highest BCUT2D eigenvalue weighted by atomic mass is 16.4. The highest BCUT2D eigenvalue weighted by Crippen LogP contribution is 2.55. The van der Waals surface area contributed by atoms with Crippen LogP contribution < -0.4 is 0 Å². The molecule has 0 radical (unpaired) electrons. The predicted octanol–water partition coefficient (Wildman–Crippen LogP) is 9.36. The number of fused-ring (bicyclic) bond motifs is 2. The largest absolute Gasteiger partial charge is 0.481 e. The van der Waals surface area contributed by atoms with Crippen LogP contribution in [0, 0.1) is 65.1 Å². The first kappa shape index (κ1) is 28.0. The average molecular weight is 536 g/mol. The third-order valence-corrected chi connectivity index (χ3v) is 13.1. The molecule has 0 aromatic rings. The molecule has 0 amide bonds. The van der Waals surface area contributed by atoms with Crippen molar-refractivity contribution in [2.75, 3.05) is 0 Å². The summed E-state index contributed by atoms with van der Waals surface area (Å²) in [5.41, 5.74) is 3.45. The first-order valence-corrected chi connectivity index (χ1v) is 17.5. The Bertz CT molecular complexity index is 928. The van der Waals surface area contributed by atoms with Crippen molar-refractivity contribution >= 4 is 11.7 Å². The number of aliphatic imine (C=N–C) groups is 1. The number of hydrogen-bond donors (Lipinski definition) is 1. The summed E-state index contributed by atoms with van der Waals surface area (Å²) in [6, 6.07) is 0.644. The maximum absolute atomic E-state index is 12.0. The fraction of sp³-hybridized carbons (Fsp3) is 0.889. The Kier molecular flexibility index (Phi) is 8.63. The van der Waals surface area contributed by atoms with Crippen molar-refractivity contribution in [1.29, 1.82) is 0 Å². The lowest BCUT2D eigenvalue weighted by Crippen LogP contribution is -2.37. The molecule has 3 nitrogen and oxygen atoms in total. The van der Waals surface area contributed by atoms with Gasteiger partial charge in [0.15, 0.2) is 0 Å². The van der Waals surface area contributed by atoms with Gasteiger partial charge in [-0.2, -0.15) is 0 Å². The van der Waals surface area contributed by atoms with Crippen LogP contribution in [-0.2, 0) is 4.79 Å². The van der Waals surface area contributed by atoms with E-state index in [1.165, 1.54) is 89.9 Å². The Hall–Kier alpha value is -1.12. The summed E-state index contributed by atoms with van der Waals surface area (Å²) < 4.78 is 0. The van der Waals surface area contributed by atoms with Crippen LogP contribution in [0.2, 0.25) is 0 Å². The van der Waals surface area contributed by atoms with E-state index in [2.05, 4.69) is 26.8 Å². The molecule has 4 fully saturated rings. The van der Waals surface area contributed by atoms with Crippen LogP contribution in [0.4, 0.5) is 0 Å². The minimum absolute atomic E-state index is 0.0691. The van der Waals surface area contributed by atoms with Crippen molar-refractivity contribution in [3.05, 3.63) is 11.6 Å². The molecule has 5 aliphatic carbocycles. The molecule has 4 saturated carbocycles. The zero-order valence-corrected chi connectivity index (χ0v) is 25.3. The topological polar surface area (TPSA) is 49.7 Å². The normalized spacial score (nSPS) is 46.2. The summed E-state index contributed by atoms with van der Waals surface area (Å²) in [5.74, 6) is 6.87. The molecule has 9 unspecified atom stereocenters. The third kappa shape index (κ3) is 5.55. The van der Waals surface area contributed by atoms with Gasteiger partial charge in [-0.15, -0.1) is 0 Å². The van der Waals surface area contributed by atoms with Crippen LogP contribution in [-0.4, -0.2) is 22.8 Å². The van der Waals surface area contributed by atoms with Crippen molar-refractivity contribution in [2.45, 2.75) is 136 Å². The molecule has 1 aliphatic heterocycles. The van der Waals surface area contributed by atoms with Gasteiger partial charge in [-0.05, 0) is 123 Å². The molecule has 0 spiro atoms. The van der Waals surface area contributed by atoms with E-state index in [-0.39, 0.29) is 5.92 Å². The lowest BCUT2D eigenvalue weighted by Gasteiger charge is -2.42. The van der Waals surface area contributed by atoms with Gasteiger partial charge < -0.3 is 5.11 Å². The Morgan fingerprint density at radius 3 is 2.33 bits per heavy atom. The van der Waals surface area contributed by atoms with Gasteiger partial charge >= 0.3 is 5.97 Å². The zero-order chi connectivity index (χ0) is 27.1. The molecule has 1 heterocycles. The Morgan fingerprint density at radius 2 is 1.62 bits per heavy atom. The number of aliphatic carboxylic acids is 1. The van der Waals surface area contributed by atoms with Crippen molar-refractivity contribution in [2.24, 2.45) is 70.1 Å². The first-order valence-electron chi connectivity index (χ1n) is 17.5. The average Bonchev–Trinajstić information content (AvgIpc) is 3.47. The second-order valence-corrected chi connectivity index (χ2v) is 15.3. The SMILES string of the molecule is CCCC1=CC2C(C)CC(C3=NC4CCCCC4C3C)CC2[C@@H]1CC1CCC(C2CCCCC2C(=O)O)CC1. The smallest absolute Gasteiger partial charge is 0.306 e. The number of allylic oxidation sites excluding steroid dienone is 2. The van der Waals surface area contributed by atoms with Gasteiger partial charge in [-0.1, -0.05) is 77.4 Å². The van der Waals surface area contributed by atoms with E-state index in [0.29, 0.717) is 17.9 Å².